The third-order valence-corrected chi connectivity index (χ3v) is 4.13. The van der Waals surface area contributed by atoms with Crippen LogP contribution in [0.3, 0.4) is 0 Å². The van der Waals surface area contributed by atoms with E-state index in [-0.39, 0.29) is 11.3 Å². The zero-order chi connectivity index (χ0) is 11.6. The Kier molecular flexibility index (Phi) is 4.03. The van der Waals surface area contributed by atoms with Crippen molar-refractivity contribution >= 4 is 50.2 Å². The summed E-state index contributed by atoms with van der Waals surface area (Å²) in [6.07, 6.45) is 0. The molecule has 1 aromatic rings. The lowest BCUT2D eigenvalue weighted by molar-refractivity contribution is -0.385. The van der Waals surface area contributed by atoms with E-state index in [1.165, 1.54) is 19.2 Å². The zero-order valence-corrected chi connectivity index (χ0v) is 11.2. The van der Waals surface area contributed by atoms with Crippen molar-refractivity contribution in [1.82, 2.24) is 0 Å². The molecule has 5 nitrogen and oxygen atoms in total. The summed E-state index contributed by atoms with van der Waals surface area (Å²) in [6, 6.07) is 2.68. The Bertz CT molecular complexity index is 435. The van der Waals surface area contributed by atoms with Crippen molar-refractivity contribution in [2.75, 3.05) is 7.11 Å². The molecule has 1 aromatic carbocycles. The first kappa shape index (κ1) is 12.4. The van der Waals surface area contributed by atoms with E-state index in [1.807, 2.05) is 22.6 Å². The number of benzene rings is 1. The van der Waals surface area contributed by atoms with E-state index in [9.17, 15) is 14.9 Å². The molecule has 1 rings (SSSR count). The van der Waals surface area contributed by atoms with Gasteiger partial charge in [0.2, 0.25) is 0 Å². The molecule has 0 N–H and O–H groups in total. The number of ether oxygens (including phenoxy) is 1. The predicted octanol–water partition coefficient (Wildman–Crippen LogP) is 2.75. The summed E-state index contributed by atoms with van der Waals surface area (Å²) >= 11 is 4.97. The first-order valence-corrected chi connectivity index (χ1v) is 5.56. The van der Waals surface area contributed by atoms with Gasteiger partial charge in [-0.05, 0) is 44.6 Å². The first-order chi connectivity index (χ1) is 6.97. The molecule has 0 atom stereocenters. The van der Waals surface area contributed by atoms with Crippen LogP contribution >= 0.6 is 38.5 Å². The summed E-state index contributed by atoms with van der Waals surface area (Å²) < 4.78 is 5.43. The fraction of sp³-hybridized carbons (Fsp3) is 0.125. The van der Waals surface area contributed by atoms with Gasteiger partial charge in [0.25, 0.3) is 5.69 Å². The number of nitrogens with zero attached hydrogens (tertiary/aromatic N) is 1. The second-order valence-corrected chi connectivity index (χ2v) is 4.47. The summed E-state index contributed by atoms with van der Waals surface area (Å²) in [5.74, 6) is -0.602. The number of carbonyl (C=O) groups is 1. The fourth-order valence-corrected chi connectivity index (χ4v) is 1.90. The Morgan fingerprint density at radius 3 is 2.67 bits per heavy atom. The number of nitro benzene ring substituents is 1. The zero-order valence-electron chi connectivity index (χ0n) is 7.49. The van der Waals surface area contributed by atoms with Crippen LogP contribution in [0.2, 0.25) is 0 Å². The van der Waals surface area contributed by atoms with Gasteiger partial charge in [0, 0.05) is 10.5 Å². The van der Waals surface area contributed by atoms with Gasteiger partial charge in [-0.1, -0.05) is 0 Å². The number of nitro groups is 1. The van der Waals surface area contributed by atoms with E-state index < -0.39 is 10.9 Å². The number of hydrogen-bond acceptors (Lipinski definition) is 4. The number of rotatable bonds is 2. The highest BCUT2D eigenvalue weighted by Crippen LogP contribution is 2.30. The highest BCUT2D eigenvalue weighted by Gasteiger charge is 2.19. The van der Waals surface area contributed by atoms with Crippen molar-refractivity contribution in [3.8, 4) is 0 Å². The molecule has 0 amide bonds. The molecule has 0 aliphatic rings. The van der Waals surface area contributed by atoms with Crippen molar-refractivity contribution in [2.45, 2.75) is 0 Å². The number of hydrogen-bond donors (Lipinski definition) is 0. The first-order valence-electron chi connectivity index (χ1n) is 3.69. The standard InChI is InChI=1S/C8H5BrINO4/c1-15-8(12)4-2-5(9)7(10)6(3-4)11(13)14/h2-3H,1H3. The van der Waals surface area contributed by atoms with Gasteiger partial charge in [0.05, 0.1) is 17.6 Å². The van der Waals surface area contributed by atoms with Gasteiger partial charge in [0.1, 0.15) is 3.57 Å². The smallest absolute Gasteiger partial charge is 0.338 e. The van der Waals surface area contributed by atoms with Crippen LogP contribution in [-0.2, 0) is 4.74 Å². The van der Waals surface area contributed by atoms with E-state index in [0.29, 0.717) is 8.04 Å². The number of esters is 1. The van der Waals surface area contributed by atoms with Gasteiger partial charge >= 0.3 is 5.97 Å². The lowest BCUT2D eigenvalue weighted by atomic mass is 10.2. The van der Waals surface area contributed by atoms with Crippen LogP contribution in [0.4, 0.5) is 5.69 Å². The maximum absolute atomic E-state index is 11.2. The Labute approximate surface area is 107 Å². The Morgan fingerprint density at radius 2 is 2.20 bits per heavy atom. The molecule has 0 heterocycles. The number of halogens is 2. The largest absolute Gasteiger partial charge is 0.465 e. The van der Waals surface area contributed by atoms with Crippen LogP contribution in [0, 0.1) is 13.7 Å². The van der Waals surface area contributed by atoms with Gasteiger partial charge in [-0.25, -0.2) is 4.79 Å². The molecule has 0 bridgehead atoms. The van der Waals surface area contributed by atoms with Gasteiger partial charge in [0.15, 0.2) is 0 Å². The molecule has 7 heteroatoms. The van der Waals surface area contributed by atoms with Gasteiger partial charge in [-0.2, -0.15) is 0 Å². The topological polar surface area (TPSA) is 69.4 Å². The van der Waals surface area contributed by atoms with Crippen LogP contribution in [0.1, 0.15) is 10.4 Å². The van der Waals surface area contributed by atoms with E-state index in [1.54, 1.807) is 0 Å². The van der Waals surface area contributed by atoms with E-state index in [4.69, 9.17) is 0 Å². The Balaban J connectivity index is 3.35. The van der Waals surface area contributed by atoms with Gasteiger partial charge in [-0.15, -0.1) is 0 Å². The Morgan fingerprint density at radius 1 is 1.60 bits per heavy atom. The quantitative estimate of drug-likeness (QED) is 0.339. The summed E-state index contributed by atoms with van der Waals surface area (Å²) in [6.45, 7) is 0. The van der Waals surface area contributed by atoms with Gasteiger partial charge in [-0.3, -0.25) is 10.1 Å². The van der Waals surface area contributed by atoms with E-state index in [2.05, 4.69) is 20.7 Å². The minimum atomic E-state index is -0.602. The molecule has 0 fully saturated rings. The van der Waals surface area contributed by atoms with Crippen molar-refractivity contribution < 1.29 is 14.5 Å². The van der Waals surface area contributed by atoms with E-state index in [0.717, 1.165) is 0 Å². The van der Waals surface area contributed by atoms with Crippen LogP contribution in [-0.4, -0.2) is 18.0 Å². The number of carbonyl (C=O) groups excluding carboxylic acids is 1. The minimum absolute atomic E-state index is 0.120. The van der Waals surface area contributed by atoms with E-state index >= 15 is 0 Å². The summed E-state index contributed by atoms with van der Waals surface area (Å²) in [5, 5.41) is 10.7. The lowest BCUT2D eigenvalue weighted by Gasteiger charge is -2.02. The second-order valence-electron chi connectivity index (χ2n) is 2.54. The molecular weight excluding hydrogens is 381 g/mol. The molecule has 0 saturated carbocycles. The highest BCUT2D eigenvalue weighted by atomic mass is 127. The van der Waals surface area contributed by atoms with Crippen LogP contribution in [0.25, 0.3) is 0 Å². The molecule has 0 spiro atoms. The summed E-state index contributed by atoms with van der Waals surface area (Å²) in [4.78, 5) is 21.3. The van der Waals surface area contributed by atoms with Crippen molar-refractivity contribution in [3.05, 3.63) is 35.9 Å². The number of methoxy groups -OCH3 is 1. The van der Waals surface area contributed by atoms with Crippen molar-refractivity contribution in [1.29, 1.82) is 0 Å². The van der Waals surface area contributed by atoms with Crippen molar-refractivity contribution in [2.24, 2.45) is 0 Å². The third-order valence-electron chi connectivity index (χ3n) is 1.63. The average Bonchev–Trinajstić information content (AvgIpc) is 2.20. The third kappa shape index (κ3) is 2.65. The molecule has 80 valence electrons. The molecule has 0 radical (unpaired) electrons. The summed E-state index contributed by atoms with van der Waals surface area (Å²) in [7, 11) is 1.22. The molecule has 15 heavy (non-hydrogen) atoms. The molecule has 0 aromatic heterocycles. The van der Waals surface area contributed by atoms with Crippen molar-refractivity contribution in [3.63, 3.8) is 0 Å². The van der Waals surface area contributed by atoms with Crippen LogP contribution < -0.4 is 0 Å². The molecule has 0 unspecified atom stereocenters. The SMILES string of the molecule is COC(=O)c1cc(Br)c(I)c([N+](=O)[O-])c1. The average molecular weight is 386 g/mol. The highest BCUT2D eigenvalue weighted by molar-refractivity contribution is 14.1. The second kappa shape index (κ2) is 4.88. The molecule has 0 aliphatic carbocycles. The Hall–Kier alpha value is -0.700. The van der Waals surface area contributed by atoms with Gasteiger partial charge < -0.3 is 4.74 Å². The van der Waals surface area contributed by atoms with Crippen LogP contribution in [0.5, 0.6) is 0 Å². The maximum Gasteiger partial charge on any atom is 0.338 e. The lowest BCUT2D eigenvalue weighted by Crippen LogP contribution is -2.03. The predicted molar refractivity (Wildman–Crippen MR) is 64.9 cm³/mol. The maximum atomic E-state index is 11.2. The monoisotopic (exact) mass is 385 g/mol. The molecular formula is C8H5BrINO4. The normalized spacial score (nSPS) is 9.80. The van der Waals surface area contributed by atoms with Crippen LogP contribution in [0.15, 0.2) is 16.6 Å². The molecule has 0 saturated heterocycles. The fourth-order valence-electron chi connectivity index (χ4n) is 0.943. The minimum Gasteiger partial charge on any atom is -0.465 e. The summed E-state index contributed by atoms with van der Waals surface area (Å²) in [5.41, 5.74) is 0.0295. The molecule has 0 aliphatic heterocycles.